The molecule has 1 aliphatic heterocycles. The molecule has 118 valence electrons. The number of ether oxygens (including phenoxy) is 3. The van der Waals surface area contributed by atoms with Gasteiger partial charge in [-0.25, -0.2) is 9.69 Å². The van der Waals surface area contributed by atoms with Crippen LogP contribution in [0.3, 0.4) is 0 Å². The van der Waals surface area contributed by atoms with Crippen LogP contribution in [0.2, 0.25) is 0 Å². The smallest absolute Gasteiger partial charge is 0.419 e. The van der Waals surface area contributed by atoms with E-state index in [1.807, 2.05) is 48.5 Å². The molecule has 23 heavy (non-hydrogen) atoms. The van der Waals surface area contributed by atoms with Gasteiger partial charge in [-0.2, -0.15) is 0 Å². The maximum Gasteiger partial charge on any atom is 0.419 e. The number of methoxy groups -OCH3 is 2. The summed E-state index contributed by atoms with van der Waals surface area (Å²) in [5.74, 6) is 1.38. The zero-order valence-electron chi connectivity index (χ0n) is 13.0. The number of hydrogen-bond acceptors (Lipinski definition) is 4. The molecule has 0 aliphatic carbocycles. The Labute approximate surface area is 134 Å². The van der Waals surface area contributed by atoms with Gasteiger partial charge in [0.2, 0.25) is 0 Å². The fourth-order valence-electron chi connectivity index (χ4n) is 2.45. The monoisotopic (exact) mass is 311 g/mol. The van der Waals surface area contributed by atoms with Gasteiger partial charge < -0.3 is 14.2 Å². The first-order valence-electron chi connectivity index (χ1n) is 7.17. The van der Waals surface area contributed by atoms with E-state index in [2.05, 4.69) is 0 Å². The molecule has 1 aliphatic rings. The van der Waals surface area contributed by atoms with E-state index in [1.165, 1.54) is 0 Å². The van der Waals surface area contributed by atoms with Crippen LogP contribution in [0.25, 0.3) is 6.08 Å². The third kappa shape index (κ3) is 2.99. The fourth-order valence-corrected chi connectivity index (χ4v) is 2.45. The van der Waals surface area contributed by atoms with E-state index in [0.717, 1.165) is 16.9 Å². The minimum atomic E-state index is -0.380. The number of nitrogens with zero attached hydrogens (tertiary/aromatic N) is 1. The molecule has 2 aromatic carbocycles. The largest absolute Gasteiger partial charge is 0.497 e. The number of benzene rings is 2. The van der Waals surface area contributed by atoms with E-state index in [4.69, 9.17) is 14.2 Å². The van der Waals surface area contributed by atoms with Crippen molar-refractivity contribution in [3.8, 4) is 11.5 Å². The van der Waals surface area contributed by atoms with Crippen molar-refractivity contribution < 1.29 is 19.0 Å². The molecule has 0 radical (unpaired) electrons. The van der Waals surface area contributed by atoms with Gasteiger partial charge in [0.1, 0.15) is 18.1 Å². The number of para-hydroxylation sites is 1. The number of carbonyl (C=O) groups is 1. The average molecular weight is 311 g/mol. The summed E-state index contributed by atoms with van der Waals surface area (Å²) in [7, 11) is 3.20. The summed E-state index contributed by atoms with van der Waals surface area (Å²) in [6.07, 6.45) is 1.51. The number of rotatable bonds is 4. The first-order valence-corrected chi connectivity index (χ1v) is 7.17. The van der Waals surface area contributed by atoms with Crippen LogP contribution < -0.4 is 14.4 Å². The molecule has 3 rings (SSSR count). The molecule has 0 N–H and O–H groups in total. The van der Waals surface area contributed by atoms with E-state index in [0.29, 0.717) is 11.5 Å². The third-order valence-electron chi connectivity index (χ3n) is 3.59. The predicted octanol–water partition coefficient (Wildman–Crippen LogP) is 3.70. The van der Waals surface area contributed by atoms with Crippen LogP contribution in [0.5, 0.6) is 11.5 Å². The number of amides is 1. The van der Waals surface area contributed by atoms with Crippen molar-refractivity contribution in [3.63, 3.8) is 0 Å². The summed E-state index contributed by atoms with van der Waals surface area (Å²) in [6, 6.07) is 14.9. The lowest BCUT2D eigenvalue weighted by Gasteiger charge is -2.15. The van der Waals surface area contributed by atoms with Crippen LogP contribution in [-0.2, 0) is 4.74 Å². The van der Waals surface area contributed by atoms with Crippen molar-refractivity contribution in [1.82, 2.24) is 0 Å². The van der Waals surface area contributed by atoms with Gasteiger partial charge in [0, 0.05) is 11.6 Å². The van der Waals surface area contributed by atoms with Gasteiger partial charge in [0.05, 0.1) is 25.6 Å². The standard InChI is InChI=1S/C18H17NO4/c1-21-16-9-8-13(17(11-16)22-2)10-15-12-23-18(20)19(15)14-6-4-3-5-7-14/h3-11H,12H2,1-2H3/b15-10-. The average Bonchev–Trinajstić information content (AvgIpc) is 2.96. The van der Waals surface area contributed by atoms with Crippen LogP contribution in [-0.4, -0.2) is 26.9 Å². The molecule has 2 aromatic rings. The Hall–Kier alpha value is -2.95. The number of cyclic esters (lactones) is 1. The van der Waals surface area contributed by atoms with Crippen LogP contribution >= 0.6 is 0 Å². The lowest BCUT2D eigenvalue weighted by Crippen LogP contribution is -2.21. The maximum absolute atomic E-state index is 12.0. The van der Waals surface area contributed by atoms with E-state index < -0.39 is 0 Å². The minimum Gasteiger partial charge on any atom is -0.497 e. The second kappa shape index (κ2) is 6.44. The number of carbonyl (C=O) groups excluding carboxylic acids is 1. The zero-order valence-corrected chi connectivity index (χ0v) is 13.0. The summed E-state index contributed by atoms with van der Waals surface area (Å²) in [5.41, 5.74) is 2.38. The topological polar surface area (TPSA) is 48.0 Å². The van der Waals surface area contributed by atoms with Crippen molar-refractivity contribution in [2.24, 2.45) is 0 Å². The molecular formula is C18H17NO4. The van der Waals surface area contributed by atoms with Crippen molar-refractivity contribution >= 4 is 17.9 Å². The van der Waals surface area contributed by atoms with Crippen molar-refractivity contribution in [1.29, 1.82) is 0 Å². The van der Waals surface area contributed by atoms with Gasteiger partial charge in [-0.15, -0.1) is 0 Å². The van der Waals surface area contributed by atoms with Crippen LogP contribution in [0, 0.1) is 0 Å². The normalized spacial score (nSPS) is 15.7. The molecule has 5 heteroatoms. The van der Waals surface area contributed by atoms with Crippen molar-refractivity contribution in [2.45, 2.75) is 0 Å². The second-order valence-corrected chi connectivity index (χ2v) is 4.97. The summed E-state index contributed by atoms with van der Waals surface area (Å²) < 4.78 is 15.8. The molecular weight excluding hydrogens is 294 g/mol. The highest BCUT2D eigenvalue weighted by atomic mass is 16.6. The van der Waals surface area contributed by atoms with Crippen LogP contribution in [0.4, 0.5) is 10.5 Å². The zero-order chi connectivity index (χ0) is 16.2. The highest BCUT2D eigenvalue weighted by Gasteiger charge is 2.29. The Balaban J connectivity index is 2.00. The Morgan fingerprint density at radius 1 is 1.09 bits per heavy atom. The lowest BCUT2D eigenvalue weighted by molar-refractivity contribution is 0.182. The SMILES string of the molecule is COc1ccc(/C=C2/COC(=O)N2c2ccccc2)c(OC)c1. The Kier molecular flexibility index (Phi) is 4.19. The molecule has 0 atom stereocenters. The molecule has 0 unspecified atom stereocenters. The first kappa shape index (κ1) is 15.0. The van der Waals surface area contributed by atoms with E-state index >= 15 is 0 Å². The van der Waals surface area contributed by atoms with Gasteiger partial charge in [0.25, 0.3) is 0 Å². The van der Waals surface area contributed by atoms with Gasteiger partial charge in [-0.1, -0.05) is 18.2 Å². The van der Waals surface area contributed by atoms with Gasteiger partial charge >= 0.3 is 6.09 Å². The molecule has 5 nitrogen and oxygen atoms in total. The van der Waals surface area contributed by atoms with Crippen molar-refractivity contribution in [2.75, 3.05) is 25.7 Å². The quantitative estimate of drug-likeness (QED) is 0.864. The number of anilines is 1. The van der Waals surface area contributed by atoms with E-state index in [9.17, 15) is 4.79 Å². The van der Waals surface area contributed by atoms with Gasteiger partial charge in [-0.05, 0) is 30.3 Å². The Morgan fingerprint density at radius 2 is 1.87 bits per heavy atom. The fraction of sp³-hybridized carbons (Fsp3) is 0.167. The van der Waals surface area contributed by atoms with Crippen LogP contribution in [0.15, 0.2) is 54.2 Å². The summed E-state index contributed by atoms with van der Waals surface area (Å²) in [4.78, 5) is 13.6. The van der Waals surface area contributed by atoms with E-state index in [-0.39, 0.29) is 12.7 Å². The first-order chi connectivity index (χ1) is 11.2. The van der Waals surface area contributed by atoms with Gasteiger partial charge in [0.15, 0.2) is 0 Å². The minimum absolute atomic E-state index is 0.225. The molecule has 1 fully saturated rings. The van der Waals surface area contributed by atoms with Crippen molar-refractivity contribution in [3.05, 3.63) is 59.8 Å². The predicted molar refractivity (Wildman–Crippen MR) is 87.8 cm³/mol. The lowest BCUT2D eigenvalue weighted by atomic mass is 10.1. The van der Waals surface area contributed by atoms with Crippen LogP contribution in [0.1, 0.15) is 5.56 Å². The highest BCUT2D eigenvalue weighted by molar-refractivity contribution is 5.95. The van der Waals surface area contributed by atoms with Gasteiger partial charge in [-0.3, -0.25) is 0 Å². The second-order valence-electron chi connectivity index (χ2n) is 4.97. The molecule has 0 bridgehead atoms. The molecule has 0 spiro atoms. The molecule has 0 aromatic heterocycles. The van der Waals surface area contributed by atoms with E-state index in [1.54, 1.807) is 25.2 Å². The number of hydrogen-bond donors (Lipinski definition) is 0. The Bertz CT molecular complexity index is 740. The summed E-state index contributed by atoms with van der Waals surface area (Å²) in [5, 5.41) is 0. The maximum atomic E-state index is 12.0. The summed E-state index contributed by atoms with van der Waals surface area (Å²) >= 11 is 0. The highest BCUT2D eigenvalue weighted by Crippen LogP contribution is 2.31. The molecule has 1 saturated heterocycles. The third-order valence-corrected chi connectivity index (χ3v) is 3.59. The summed E-state index contributed by atoms with van der Waals surface area (Å²) in [6.45, 7) is 0.225. The molecule has 0 saturated carbocycles. The Morgan fingerprint density at radius 3 is 2.57 bits per heavy atom. The molecule has 1 amide bonds. The molecule has 1 heterocycles.